The van der Waals surface area contributed by atoms with Gasteiger partial charge in [0.15, 0.2) is 0 Å². The molecule has 0 aliphatic heterocycles. The highest BCUT2D eigenvalue weighted by Crippen LogP contribution is 2.26. The maximum absolute atomic E-state index is 11.9. The third kappa shape index (κ3) is 2.70. The van der Waals surface area contributed by atoms with Crippen LogP contribution in [0.4, 0.5) is 4.79 Å². The molecule has 1 fully saturated rings. The third-order valence-corrected chi connectivity index (χ3v) is 2.56. The van der Waals surface area contributed by atoms with Crippen molar-refractivity contribution in [2.75, 3.05) is 6.54 Å². The van der Waals surface area contributed by atoms with Crippen molar-refractivity contribution in [3.63, 3.8) is 0 Å². The first kappa shape index (κ1) is 12.5. The van der Waals surface area contributed by atoms with E-state index in [2.05, 4.69) is 0 Å². The van der Waals surface area contributed by atoms with Crippen LogP contribution in [0.3, 0.4) is 0 Å². The van der Waals surface area contributed by atoms with Gasteiger partial charge in [-0.1, -0.05) is 0 Å². The van der Waals surface area contributed by atoms with Crippen molar-refractivity contribution in [2.45, 2.75) is 25.8 Å². The van der Waals surface area contributed by atoms with E-state index in [9.17, 15) is 4.79 Å². The number of hydrogen-bond acceptors (Lipinski definition) is 1. The number of nitrogens with zero attached hydrogens (tertiary/aromatic N) is 3. The molecular weight excluding hydrogens is 305 g/mol. The average Bonchev–Trinajstić information content (AvgIpc) is 2.90. The summed E-state index contributed by atoms with van der Waals surface area (Å²) in [6.45, 7) is 2.82. The highest BCUT2D eigenvalue weighted by Gasteiger charge is 2.34. The van der Waals surface area contributed by atoms with Gasteiger partial charge in [-0.05, 0) is 19.8 Å². The van der Waals surface area contributed by atoms with Gasteiger partial charge in [0.2, 0.25) is 0 Å². The molecule has 4 nitrogen and oxygen atoms in total. The van der Waals surface area contributed by atoms with Crippen LogP contribution in [0.15, 0.2) is 18.7 Å². The van der Waals surface area contributed by atoms with E-state index in [4.69, 9.17) is 0 Å². The lowest BCUT2D eigenvalue weighted by Crippen LogP contribution is -3.00. The predicted octanol–water partition coefficient (Wildman–Crippen LogP) is -2.23. The molecule has 0 bridgehead atoms. The summed E-state index contributed by atoms with van der Waals surface area (Å²) < 4.78 is 3.51. The molecule has 0 spiro atoms. The maximum atomic E-state index is 11.9. The first-order valence-electron chi connectivity index (χ1n) is 5.06. The standard InChI is InChI=1S/C10H16N3O.HI/c1-3-13(9-4-5-9)10(14)12-7-6-11(2)8-12;/h6-9H,3-5H2,1-2H3;1H/q+1;/p-1. The Labute approximate surface area is 107 Å². The zero-order chi connectivity index (χ0) is 10.1. The Morgan fingerprint density at radius 1 is 1.60 bits per heavy atom. The van der Waals surface area contributed by atoms with Crippen LogP contribution in [0.1, 0.15) is 19.8 Å². The van der Waals surface area contributed by atoms with Gasteiger partial charge in [0, 0.05) is 12.6 Å². The molecule has 1 saturated carbocycles. The molecule has 1 heterocycles. The Balaban J connectivity index is 0.00000112. The molecule has 0 aromatic carbocycles. The number of imidazole rings is 1. The number of rotatable bonds is 2. The van der Waals surface area contributed by atoms with Gasteiger partial charge < -0.3 is 28.9 Å². The minimum Gasteiger partial charge on any atom is -1.00 e. The summed E-state index contributed by atoms with van der Waals surface area (Å²) in [6.07, 6.45) is 7.79. The lowest BCUT2D eigenvalue weighted by atomic mass is 10.5. The fourth-order valence-electron chi connectivity index (χ4n) is 1.65. The summed E-state index contributed by atoms with van der Waals surface area (Å²) in [5.74, 6) is 0. The van der Waals surface area contributed by atoms with Crippen molar-refractivity contribution < 1.29 is 33.3 Å². The van der Waals surface area contributed by atoms with Crippen LogP contribution in [0.25, 0.3) is 0 Å². The molecule has 0 radical (unpaired) electrons. The van der Waals surface area contributed by atoms with Crippen LogP contribution < -0.4 is 28.5 Å². The van der Waals surface area contributed by atoms with Crippen LogP contribution in [0.5, 0.6) is 0 Å². The molecule has 1 aliphatic carbocycles. The van der Waals surface area contributed by atoms with Crippen molar-refractivity contribution in [3.8, 4) is 0 Å². The van der Waals surface area contributed by atoms with E-state index in [0.717, 1.165) is 19.4 Å². The third-order valence-electron chi connectivity index (χ3n) is 2.56. The van der Waals surface area contributed by atoms with Crippen LogP contribution in [-0.2, 0) is 7.05 Å². The molecule has 5 heteroatoms. The number of amides is 1. The van der Waals surface area contributed by atoms with E-state index in [1.165, 1.54) is 0 Å². The SMILES string of the molecule is CCN(C(=O)n1cc[n+](C)c1)C1CC1.[I-]. The number of carbonyl (C=O) groups is 1. The van der Waals surface area contributed by atoms with Gasteiger partial charge in [0.1, 0.15) is 12.4 Å². The molecule has 0 N–H and O–H groups in total. The van der Waals surface area contributed by atoms with Crippen molar-refractivity contribution in [1.82, 2.24) is 9.47 Å². The molecule has 0 atom stereocenters. The summed E-state index contributed by atoms with van der Waals surface area (Å²) in [7, 11) is 1.91. The fraction of sp³-hybridized carbons (Fsp3) is 0.600. The van der Waals surface area contributed by atoms with E-state index in [-0.39, 0.29) is 30.0 Å². The normalized spacial score (nSPS) is 14.5. The highest BCUT2D eigenvalue weighted by molar-refractivity contribution is 5.77. The maximum Gasteiger partial charge on any atom is 0.416 e. The Morgan fingerprint density at radius 3 is 2.67 bits per heavy atom. The number of carbonyl (C=O) groups excluding carboxylic acids is 1. The molecule has 84 valence electrons. The van der Waals surface area contributed by atoms with E-state index < -0.39 is 0 Å². The largest absolute Gasteiger partial charge is 1.00 e. The van der Waals surface area contributed by atoms with Crippen molar-refractivity contribution in [2.24, 2.45) is 7.05 Å². The quantitative estimate of drug-likeness (QED) is 0.448. The molecule has 1 aliphatic rings. The summed E-state index contributed by atoms with van der Waals surface area (Å²) in [4.78, 5) is 13.9. The van der Waals surface area contributed by atoms with Gasteiger partial charge in [-0.2, -0.15) is 4.57 Å². The first-order valence-corrected chi connectivity index (χ1v) is 5.06. The molecule has 1 amide bonds. The summed E-state index contributed by atoms with van der Waals surface area (Å²) in [5, 5.41) is 0. The Morgan fingerprint density at radius 2 is 2.27 bits per heavy atom. The van der Waals surface area contributed by atoms with Crippen molar-refractivity contribution >= 4 is 6.03 Å². The zero-order valence-electron chi connectivity index (χ0n) is 9.06. The van der Waals surface area contributed by atoms with E-state index in [0.29, 0.717) is 6.04 Å². The zero-order valence-corrected chi connectivity index (χ0v) is 11.2. The molecule has 1 aromatic rings. The molecule has 0 saturated heterocycles. The summed E-state index contributed by atoms with van der Waals surface area (Å²) in [6, 6.07) is 0.579. The minimum atomic E-state index is 0. The average molecular weight is 321 g/mol. The first-order chi connectivity index (χ1) is 6.72. The van der Waals surface area contributed by atoms with E-state index >= 15 is 0 Å². The Hall–Kier alpha value is -0.590. The highest BCUT2D eigenvalue weighted by atomic mass is 127. The second kappa shape index (κ2) is 4.96. The molecule has 1 aromatic heterocycles. The van der Waals surface area contributed by atoms with E-state index in [1.54, 1.807) is 17.1 Å². The van der Waals surface area contributed by atoms with Gasteiger partial charge in [-0.3, -0.25) is 0 Å². The summed E-state index contributed by atoms with van der Waals surface area (Å²) in [5.41, 5.74) is 0. The molecular formula is C10H16IN3O. The van der Waals surface area contributed by atoms with Gasteiger partial charge in [-0.25, -0.2) is 9.36 Å². The van der Waals surface area contributed by atoms with Gasteiger partial charge in [0.25, 0.3) is 6.33 Å². The smallest absolute Gasteiger partial charge is 0.416 e. The minimum absolute atomic E-state index is 0. The molecule has 0 unspecified atom stereocenters. The topological polar surface area (TPSA) is 29.1 Å². The lowest BCUT2D eigenvalue weighted by molar-refractivity contribution is -0.670. The number of aryl methyl sites for hydroxylation is 1. The monoisotopic (exact) mass is 321 g/mol. The van der Waals surface area contributed by atoms with Crippen LogP contribution in [0, 0.1) is 0 Å². The van der Waals surface area contributed by atoms with Crippen LogP contribution >= 0.6 is 0 Å². The lowest BCUT2D eigenvalue weighted by Gasteiger charge is -2.16. The summed E-state index contributed by atoms with van der Waals surface area (Å²) >= 11 is 0. The van der Waals surface area contributed by atoms with Crippen molar-refractivity contribution in [3.05, 3.63) is 18.7 Å². The van der Waals surface area contributed by atoms with Crippen LogP contribution in [0.2, 0.25) is 0 Å². The van der Waals surface area contributed by atoms with E-state index in [1.807, 2.05) is 29.6 Å². The number of hydrogen-bond donors (Lipinski definition) is 0. The number of halogens is 1. The fourth-order valence-corrected chi connectivity index (χ4v) is 1.65. The van der Waals surface area contributed by atoms with Gasteiger partial charge in [0.05, 0.1) is 7.05 Å². The predicted molar refractivity (Wildman–Crippen MR) is 51.8 cm³/mol. The Kier molecular flexibility index (Phi) is 4.12. The van der Waals surface area contributed by atoms with Gasteiger partial charge in [-0.15, -0.1) is 0 Å². The second-order valence-electron chi connectivity index (χ2n) is 3.79. The molecule has 2 rings (SSSR count). The van der Waals surface area contributed by atoms with Crippen LogP contribution in [-0.4, -0.2) is 28.1 Å². The molecule has 15 heavy (non-hydrogen) atoms. The Bertz CT molecular complexity index is 346. The van der Waals surface area contributed by atoms with Gasteiger partial charge >= 0.3 is 6.03 Å². The van der Waals surface area contributed by atoms with Crippen molar-refractivity contribution in [1.29, 1.82) is 0 Å². The second-order valence-corrected chi connectivity index (χ2v) is 3.79. The number of aromatic nitrogens is 2.